The molecule has 0 bridgehead atoms. The first kappa shape index (κ1) is 28.3. The van der Waals surface area contributed by atoms with Gasteiger partial charge in [-0.2, -0.15) is 0 Å². The van der Waals surface area contributed by atoms with Crippen LogP contribution in [-0.2, 0) is 31.5 Å². The van der Waals surface area contributed by atoms with E-state index in [4.69, 9.17) is 15.3 Å². The van der Waals surface area contributed by atoms with Crippen LogP contribution in [0.2, 0.25) is 0 Å². The summed E-state index contributed by atoms with van der Waals surface area (Å²) in [5.74, 6) is -0.187. The normalized spacial score (nSPS) is 10.9. The largest absolute Gasteiger partial charge is 0.512 e. The first-order valence-corrected chi connectivity index (χ1v) is 6.02. The van der Waals surface area contributed by atoms with Crippen molar-refractivity contribution in [1.29, 1.82) is 0 Å². The van der Waals surface area contributed by atoms with Crippen molar-refractivity contribution >= 4 is 17.3 Å². The molecule has 127 valence electrons. The molecular weight excluding hydrogens is 331 g/mol. The van der Waals surface area contributed by atoms with Gasteiger partial charge in [-0.15, -0.1) is 0 Å². The fourth-order valence-corrected chi connectivity index (χ4v) is 0.882. The van der Waals surface area contributed by atoms with Gasteiger partial charge in [-0.3, -0.25) is 14.4 Å². The first-order chi connectivity index (χ1) is 9.38. The predicted octanol–water partition coefficient (Wildman–Crippen LogP) is 3.11. The molecule has 0 aromatic heterocycles. The van der Waals surface area contributed by atoms with Crippen LogP contribution in [0.25, 0.3) is 0 Å². The smallest absolute Gasteiger partial charge is 0.155 e. The Morgan fingerprint density at radius 3 is 0.682 bits per heavy atom. The zero-order chi connectivity index (χ0) is 17.6. The molecular formula is C15H24MnO6. The molecule has 0 spiro atoms. The Labute approximate surface area is 141 Å². The van der Waals surface area contributed by atoms with E-state index < -0.39 is 0 Å². The van der Waals surface area contributed by atoms with Crippen molar-refractivity contribution < 1.29 is 46.8 Å². The average Bonchev–Trinajstić information content (AvgIpc) is 2.10. The standard InChI is InChI=1S/3C5H8O2.Mn/c3*1-4(6)3-5(2)7;/h3*3,6H,1-2H3;/b3*4-3+;. The topological polar surface area (TPSA) is 112 Å². The molecule has 6 nitrogen and oxygen atoms in total. The Hall–Kier alpha value is -1.85. The minimum Gasteiger partial charge on any atom is -0.512 e. The van der Waals surface area contributed by atoms with Crippen molar-refractivity contribution in [2.75, 3.05) is 0 Å². The van der Waals surface area contributed by atoms with Crippen molar-refractivity contribution in [3.05, 3.63) is 35.5 Å². The van der Waals surface area contributed by atoms with Crippen LogP contribution in [0.15, 0.2) is 35.5 Å². The van der Waals surface area contributed by atoms with Crippen molar-refractivity contribution in [1.82, 2.24) is 0 Å². The molecule has 0 rings (SSSR count). The second-order valence-corrected chi connectivity index (χ2v) is 4.19. The summed E-state index contributed by atoms with van der Waals surface area (Å²) in [6.45, 7) is 8.54. The molecule has 0 aliphatic rings. The van der Waals surface area contributed by atoms with E-state index in [9.17, 15) is 14.4 Å². The molecule has 0 aromatic rings. The maximum atomic E-state index is 10.0. The molecule has 0 amide bonds. The molecule has 0 unspecified atom stereocenters. The number of hydrogen-bond donors (Lipinski definition) is 3. The van der Waals surface area contributed by atoms with Gasteiger partial charge in [0.05, 0.1) is 17.3 Å². The minimum absolute atomic E-state index is 0. The van der Waals surface area contributed by atoms with Gasteiger partial charge in [0.25, 0.3) is 0 Å². The van der Waals surface area contributed by atoms with Gasteiger partial charge in [0, 0.05) is 35.3 Å². The number of ketones is 3. The number of aliphatic hydroxyl groups excluding tert-OH is 3. The quantitative estimate of drug-likeness (QED) is 0.407. The van der Waals surface area contributed by atoms with Gasteiger partial charge in [0.2, 0.25) is 0 Å². The fourth-order valence-electron chi connectivity index (χ4n) is 0.882. The van der Waals surface area contributed by atoms with E-state index >= 15 is 0 Å². The van der Waals surface area contributed by atoms with E-state index in [-0.39, 0.29) is 51.7 Å². The fraction of sp³-hybridized carbons (Fsp3) is 0.400. The molecule has 1 radical (unpaired) electrons. The van der Waals surface area contributed by atoms with Crippen molar-refractivity contribution in [3.8, 4) is 0 Å². The summed E-state index contributed by atoms with van der Waals surface area (Å²) >= 11 is 0. The number of carbonyl (C=O) groups excluding carboxylic acids is 3. The molecule has 3 N–H and O–H groups in total. The second kappa shape index (κ2) is 17.2. The number of allylic oxidation sites excluding steroid dienone is 6. The maximum absolute atomic E-state index is 10.0. The van der Waals surface area contributed by atoms with Gasteiger partial charge in [0.1, 0.15) is 0 Å². The van der Waals surface area contributed by atoms with Crippen LogP contribution in [-0.4, -0.2) is 32.7 Å². The van der Waals surface area contributed by atoms with Crippen LogP contribution in [0.1, 0.15) is 41.5 Å². The van der Waals surface area contributed by atoms with Crippen LogP contribution >= 0.6 is 0 Å². The number of hydrogen-bond acceptors (Lipinski definition) is 6. The second-order valence-electron chi connectivity index (χ2n) is 4.19. The molecule has 0 aromatic carbocycles. The molecule has 0 atom stereocenters. The van der Waals surface area contributed by atoms with E-state index in [1.54, 1.807) is 0 Å². The molecule has 0 aliphatic heterocycles. The Morgan fingerprint density at radius 1 is 0.545 bits per heavy atom. The van der Waals surface area contributed by atoms with Gasteiger partial charge in [-0.1, -0.05) is 0 Å². The third kappa shape index (κ3) is 51.8. The van der Waals surface area contributed by atoms with Crippen LogP contribution in [0.3, 0.4) is 0 Å². The summed E-state index contributed by atoms with van der Waals surface area (Å²) in [5, 5.41) is 25.1. The van der Waals surface area contributed by atoms with Crippen molar-refractivity contribution in [2.45, 2.75) is 41.5 Å². The first-order valence-electron chi connectivity index (χ1n) is 6.02. The summed E-state index contributed by atoms with van der Waals surface area (Å²) in [7, 11) is 0. The Bertz CT molecular complexity index is 368. The molecule has 0 saturated heterocycles. The van der Waals surface area contributed by atoms with E-state index in [0.29, 0.717) is 0 Å². The van der Waals surface area contributed by atoms with E-state index in [1.165, 1.54) is 59.8 Å². The van der Waals surface area contributed by atoms with E-state index in [2.05, 4.69) is 0 Å². The minimum atomic E-state index is -0.125. The number of carbonyl (C=O) groups is 3. The van der Waals surface area contributed by atoms with Crippen molar-refractivity contribution in [2.24, 2.45) is 0 Å². The Kier molecular flexibility index (Phi) is 22.2. The molecule has 7 heteroatoms. The third-order valence-electron chi connectivity index (χ3n) is 1.24. The van der Waals surface area contributed by atoms with E-state index in [1.807, 2.05) is 0 Å². The Balaban J connectivity index is -0.000000108. The van der Waals surface area contributed by atoms with Gasteiger partial charge in [-0.05, 0) is 41.5 Å². The van der Waals surface area contributed by atoms with Gasteiger partial charge in [0.15, 0.2) is 17.3 Å². The van der Waals surface area contributed by atoms with Crippen LogP contribution in [0, 0.1) is 0 Å². The predicted molar refractivity (Wildman–Crippen MR) is 81.2 cm³/mol. The summed E-state index contributed by atoms with van der Waals surface area (Å²) in [6, 6.07) is 0. The van der Waals surface area contributed by atoms with E-state index in [0.717, 1.165) is 0 Å². The SMILES string of the molecule is CC(=O)/C=C(\C)O.CC(=O)/C=C(\C)O.CC(=O)/C=C(\C)O.[Mn]. The summed E-state index contributed by atoms with van der Waals surface area (Å²) in [5.41, 5.74) is 0. The zero-order valence-corrected chi connectivity index (χ0v) is 14.9. The van der Waals surface area contributed by atoms with Crippen LogP contribution in [0.5, 0.6) is 0 Å². The summed E-state index contributed by atoms with van der Waals surface area (Å²) in [6.07, 6.45) is 3.50. The Morgan fingerprint density at radius 2 is 0.682 bits per heavy atom. The number of aliphatic hydroxyl groups is 3. The monoisotopic (exact) mass is 355 g/mol. The summed E-state index contributed by atoms with van der Waals surface area (Å²) in [4.78, 5) is 30.1. The van der Waals surface area contributed by atoms with Gasteiger partial charge >= 0.3 is 0 Å². The third-order valence-corrected chi connectivity index (χ3v) is 1.24. The summed E-state index contributed by atoms with van der Waals surface area (Å²) < 4.78 is 0. The molecule has 22 heavy (non-hydrogen) atoms. The molecule has 0 saturated carbocycles. The number of rotatable bonds is 3. The van der Waals surface area contributed by atoms with Crippen molar-refractivity contribution in [3.63, 3.8) is 0 Å². The van der Waals surface area contributed by atoms with Crippen LogP contribution in [0.4, 0.5) is 0 Å². The van der Waals surface area contributed by atoms with Gasteiger partial charge < -0.3 is 15.3 Å². The average molecular weight is 355 g/mol. The maximum Gasteiger partial charge on any atom is 0.155 e. The molecule has 0 heterocycles. The van der Waals surface area contributed by atoms with Gasteiger partial charge in [-0.25, -0.2) is 0 Å². The molecule has 0 aliphatic carbocycles. The molecule has 0 fully saturated rings. The van der Waals surface area contributed by atoms with Crippen LogP contribution < -0.4 is 0 Å². The zero-order valence-electron chi connectivity index (χ0n) is 13.7.